The summed E-state index contributed by atoms with van der Waals surface area (Å²) in [7, 11) is -3.71. The smallest absolute Gasteiger partial charge is 0.286 e. The lowest BCUT2D eigenvalue weighted by Gasteiger charge is -2.22. The SMILES string of the molecule is CC(C)c1ccc(S(=O)(=O)N2CCC[C@H]2c2nnc(C(=O)Nc3ccc(F)cc3)s2)cc1. The normalized spacial score (nSPS) is 17.1. The summed E-state index contributed by atoms with van der Waals surface area (Å²) in [4.78, 5) is 12.7. The molecule has 1 aliphatic rings. The molecule has 2 heterocycles. The predicted octanol–water partition coefficient (Wildman–Crippen LogP) is 4.58. The average molecular weight is 475 g/mol. The quantitative estimate of drug-likeness (QED) is 0.565. The standard InChI is InChI=1S/C22H23FN4O3S2/c1-14(2)15-5-11-18(12-6-15)32(29,30)27-13-3-4-19(27)21-25-26-22(31-21)20(28)24-17-9-7-16(23)8-10-17/h5-12,14,19H,3-4,13H2,1-2H3,(H,24,28)/t19-/m0/s1. The van der Waals surface area contributed by atoms with Crippen molar-refractivity contribution in [2.45, 2.75) is 43.5 Å². The first-order valence-corrected chi connectivity index (χ1v) is 12.5. The van der Waals surface area contributed by atoms with Crippen LogP contribution in [0.15, 0.2) is 53.4 Å². The first-order chi connectivity index (χ1) is 15.3. The Labute approximate surface area is 190 Å². The Hall–Kier alpha value is -2.69. The molecule has 0 radical (unpaired) electrons. The van der Waals surface area contributed by atoms with Gasteiger partial charge in [-0.05, 0) is 60.7 Å². The Kier molecular flexibility index (Phi) is 6.36. The number of nitrogens with zero attached hydrogens (tertiary/aromatic N) is 3. The fraction of sp³-hybridized carbons (Fsp3) is 0.318. The number of hydrogen-bond acceptors (Lipinski definition) is 6. The third-order valence-corrected chi connectivity index (χ3v) is 8.32. The van der Waals surface area contributed by atoms with Crippen molar-refractivity contribution in [3.63, 3.8) is 0 Å². The van der Waals surface area contributed by atoms with E-state index in [1.165, 1.54) is 28.6 Å². The molecule has 1 amide bonds. The highest BCUT2D eigenvalue weighted by Gasteiger charge is 2.38. The molecule has 0 saturated carbocycles. The van der Waals surface area contributed by atoms with E-state index in [4.69, 9.17) is 0 Å². The van der Waals surface area contributed by atoms with Gasteiger partial charge in [0.1, 0.15) is 10.8 Å². The molecule has 0 aliphatic carbocycles. The lowest BCUT2D eigenvalue weighted by Crippen LogP contribution is -2.30. The molecule has 1 N–H and O–H groups in total. The molecule has 0 bridgehead atoms. The van der Waals surface area contributed by atoms with Gasteiger partial charge in [0.15, 0.2) is 0 Å². The van der Waals surface area contributed by atoms with Gasteiger partial charge in [-0.15, -0.1) is 10.2 Å². The van der Waals surface area contributed by atoms with Gasteiger partial charge in [-0.3, -0.25) is 4.79 Å². The van der Waals surface area contributed by atoms with Crippen LogP contribution in [0.3, 0.4) is 0 Å². The fourth-order valence-corrected chi connectivity index (χ4v) is 6.23. The summed E-state index contributed by atoms with van der Waals surface area (Å²) in [5, 5.41) is 11.3. The van der Waals surface area contributed by atoms with Crippen LogP contribution in [0.4, 0.5) is 10.1 Å². The molecule has 1 saturated heterocycles. The van der Waals surface area contributed by atoms with Crippen molar-refractivity contribution in [3.8, 4) is 0 Å². The van der Waals surface area contributed by atoms with Crippen LogP contribution in [0, 0.1) is 5.82 Å². The van der Waals surface area contributed by atoms with Gasteiger partial charge in [0, 0.05) is 12.2 Å². The second-order valence-electron chi connectivity index (χ2n) is 7.90. The molecule has 168 valence electrons. The zero-order valence-electron chi connectivity index (χ0n) is 17.7. The Morgan fingerprint density at radius 2 is 1.81 bits per heavy atom. The minimum Gasteiger partial charge on any atom is -0.320 e. The number of benzene rings is 2. The van der Waals surface area contributed by atoms with Gasteiger partial charge in [0.05, 0.1) is 10.9 Å². The van der Waals surface area contributed by atoms with Crippen molar-refractivity contribution < 1.29 is 17.6 Å². The molecular formula is C22H23FN4O3S2. The molecule has 1 atom stereocenters. The fourth-order valence-electron chi connectivity index (χ4n) is 3.61. The first-order valence-electron chi connectivity index (χ1n) is 10.3. The van der Waals surface area contributed by atoms with Crippen molar-refractivity contribution in [1.29, 1.82) is 0 Å². The maximum Gasteiger partial charge on any atom is 0.286 e. The van der Waals surface area contributed by atoms with Gasteiger partial charge >= 0.3 is 0 Å². The number of sulfonamides is 1. The van der Waals surface area contributed by atoms with Gasteiger partial charge in [-0.1, -0.05) is 37.3 Å². The third kappa shape index (κ3) is 4.57. The predicted molar refractivity (Wildman–Crippen MR) is 121 cm³/mol. The van der Waals surface area contributed by atoms with E-state index in [9.17, 15) is 17.6 Å². The van der Waals surface area contributed by atoms with Crippen LogP contribution in [-0.4, -0.2) is 35.4 Å². The topological polar surface area (TPSA) is 92.3 Å². The number of halogens is 1. The van der Waals surface area contributed by atoms with Crippen LogP contribution < -0.4 is 5.32 Å². The lowest BCUT2D eigenvalue weighted by atomic mass is 10.0. The monoisotopic (exact) mass is 474 g/mol. The largest absolute Gasteiger partial charge is 0.320 e. The minimum absolute atomic E-state index is 0.120. The number of hydrogen-bond donors (Lipinski definition) is 1. The second-order valence-corrected chi connectivity index (χ2v) is 10.8. The number of rotatable bonds is 6. The summed E-state index contributed by atoms with van der Waals surface area (Å²) in [6, 6.07) is 11.9. The number of aromatic nitrogens is 2. The van der Waals surface area contributed by atoms with Crippen LogP contribution in [0.2, 0.25) is 0 Å². The summed E-state index contributed by atoms with van der Waals surface area (Å²) in [5.41, 5.74) is 1.51. The average Bonchev–Trinajstić information content (AvgIpc) is 3.45. The summed E-state index contributed by atoms with van der Waals surface area (Å²) in [5.74, 6) is -0.563. The molecule has 1 fully saturated rings. The van der Waals surface area contributed by atoms with E-state index in [2.05, 4.69) is 29.4 Å². The zero-order valence-corrected chi connectivity index (χ0v) is 19.3. The van der Waals surface area contributed by atoms with E-state index in [1.807, 2.05) is 12.1 Å². The molecule has 7 nitrogen and oxygen atoms in total. The summed E-state index contributed by atoms with van der Waals surface area (Å²) in [6.07, 6.45) is 1.31. The number of amides is 1. The molecule has 0 unspecified atom stereocenters. The van der Waals surface area contributed by atoms with Gasteiger partial charge in [0.2, 0.25) is 15.0 Å². The third-order valence-electron chi connectivity index (χ3n) is 5.38. The molecule has 4 rings (SSSR count). The van der Waals surface area contributed by atoms with E-state index in [0.29, 0.717) is 36.0 Å². The van der Waals surface area contributed by atoms with Crippen LogP contribution in [-0.2, 0) is 10.0 Å². The molecule has 0 spiro atoms. The molecular weight excluding hydrogens is 451 g/mol. The zero-order chi connectivity index (χ0) is 22.9. The lowest BCUT2D eigenvalue weighted by molar-refractivity contribution is 0.102. The number of carbonyl (C=O) groups excluding carboxylic acids is 1. The van der Waals surface area contributed by atoms with Crippen LogP contribution in [0.25, 0.3) is 0 Å². The van der Waals surface area contributed by atoms with Crippen molar-refractivity contribution in [3.05, 3.63) is 69.9 Å². The van der Waals surface area contributed by atoms with E-state index in [-0.39, 0.29) is 9.90 Å². The summed E-state index contributed by atoms with van der Waals surface area (Å²) in [6.45, 7) is 4.49. The second kappa shape index (κ2) is 9.05. The van der Waals surface area contributed by atoms with Gasteiger partial charge < -0.3 is 5.32 Å². The summed E-state index contributed by atoms with van der Waals surface area (Å²) < 4.78 is 41.1. The Bertz CT molecular complexity index is 1210. The summed E-state index contributed by atoms with van der Waals surface area (Å²) >= 11 is 1.07. The first kappa shape index (κ1) is 22.5. The maximum absolute atomic E-state index is 13.3. The highest BCUT2D eigenvalue weighted by Crippen LogP contribution is 2.38. The number of carbonyl (C=O) groups is 1. The van der Waals surface area contributed by atoms with Crippen LogP contribution in [0.1, 0.15) is 59.0 Å². The Morgan fingerprint density at radius 3 is 2.47 bits per heavy atom. The van der Waals surface area contributed by atoms with Crippen molar-refractivity contribution >= 4 is 33.0 Å². The van der Waals surface area contributed by atoms with E-state index >= 15 is 0 Å². The van der Waals surface area contributed by atoms with E-state index < -0.39 is 27.8 Å². The molecule has 32 heavy (non-hydrogen) atoms. The molecule has 3 aromatic rings. The van der Waals surface area contributed by atoms with Crippen molar-refractivity contribution in [2.24, 2.45) is 0 Å². The minimum atomic E-state index is -3.71. The van der Waals surface area contributed by atoms with Gasteiger partial charge in [-0.2, -0.15) is 4.31 Å². The number of anilines is 1. The Morgan fingerprint density at radius 1 is 1.12 bits per heavy atom. The van der Waals surface area contributed by atoms with Gasteiger partial charge in [0.25, 0.3) is 5.91 Å². The van der Waals surface area contributed by atoms with Crippen LogP contribution in [0.5, 0.6) is 0 Å². The van der Waals surface area contributed by atoms with Crippen molar-refractivity contribution in [2.75, 3.05) is 11.9 Å². The van der Waals surface area contributed by atoms with Gasteiger partial charge in [-0.25, -0.2) is 12.8 Å². The van der Waals surface area contributed by atoms with Crippen LogP contribution >= 0.6 is 11.3 Å². The molecule has 1 aliphatic heterocycles. The van der Waals surface area contributed by atoms with Crippen molar-refractivity contribution in [1.82, 2.24) is 14.5 Å². The number of nitrogens with one attached hydrogen (secondary N) is 1. The van der Waals surface area contributed by atoms with E-state index in [0.717, 1.165) is 16.9 Å². The molecule has 2 aromatic carbocycles. The molecule has 10 heteroatoms. The molecule has 1 aromatic heterocycles. The highest BCUT2D eigenvalue weighted by molar-refractivity contribution is 7.89. The highest BCUT2D eigenvalue weighted by atomic mass is 32.2. The van der Waals surface area contributed by atoms with E-state index in [1.54, 1.807) is 12.1 Å². The Balaban J connectivity index is 1.53. The maximum atomic E-state index is 13.3.